The number of hydrogen-bond donors (Lipinski definition) is 0. The topological polar surface area (TPSA) is 39.9 Å². The molecular formula is C13H12FN3S. The van der Waals surface area contributed by atoms with Gasteiger partial charge in [0.15, 0.2) is 0 Å². The number of benzene rings is 1. The van der Waals surface area contributed by atoms with Gasteiger partial charge in [0.1, 0.15) is 5.82 Å². The van der Waals surface area contributed by atoms with Gasteiger partial charge in [-0.25, -0.2) is 9.37 Å². The first-order valence-corrected chi connectivity index (χ1v) is 6.37. The van der Waals surface area contributed by atoms with Gasteiger partial charge in [-0.3, -0.25) is 4.90 Å². The molecular weight excluding hydrogens is 249 g/mol. The van der Waals surface area contributed by atoms with Gasteiger partial charge in [-0.1, -0.05) is 0 Å². The van der Waals surface area contributed by atoms with Crippen molar-refractivity contribution in [1.29, 1.82) is 5.26 Å². The summed E-state index contributed by atoms with van der Waals surface area (Å²) in [6, 6.07) is 6.32. The van der Waals surface area contributed by atoms with Gasteiger partial charge in [0.2, 0.25) is 0 Å². The van der Waals surface area contributed by atoms with Gasteiger partial charge >= 0.3 is 0 Å². The third-order valence-electron chi connectivity index (χ3n) is 2.54. The number of rotatable bonds is 4. The van der Waals surface area contributed by atoms with E-state index in [0.29, 0.717) is 24.2 Å². The van der Waals surface area contributed by atoms with Crippen LogP contribution in [-0.4, -0.2) is 16.9 Å². The Morgan fingerprint density at radius 3 is 2.94 bits per heavy atom. The fourth-order valence-electron chi connectivity index (χ4n) is 1.74. The van der Waals surface area contributed by atoms with Crippen molar-refractivity contribution in [1.82, 2.24) is 9.88 Å². The molecule has 5 heteroatoms. The summed E-state index contributed by atoms with van der Waals surface area (Å²) in [4.78, 5) is 6.20. The van der Waals surface area contributed by atoms with E-state index in [-0.39, 0.29) is 5.82 Å². The van der Waals surface area contributed by atoms with Crippen molar-refractivity contribution >= 4 is 11.3 Å². The van der Waals surface area contributed by atoms with E-state index in [4.69, 9.17) is 5.26 Å². The fourth-order valence-corrected chi connectivity index (χ4v) is 2.29. The summed E-state index contributed by atoms with van der Waals surface area (Å²) >= 11 is 1.55. The Kier molecular flexibility index (Phi) is 4.03. The van der Waals surface area contributed by atoms with E-state index in [1.54, 1.807) is 16.8 Å². The van der Waals surface area contributed by atoms with Crippen molar-refractivity contribution < 1.29 is 4.39 Å². The average molecular weight is 261 g/mol. The van der Waals surface area contributed by atoms with Gasteiger partial charge in [-0.2, -0.15) is 5.26 Å². The molecule has 0 aliphatic rings. The van der Waals surface area contributed by atoms with Crippen molar-refractivity contribution in [3.05, 3.63) is 51.7 Å². The maximum absolute atomic E-state index is 13.2. The first-order valence-electron chi connectivity index (χ1n) is 5.43. The molecule has 0 spiro atoms. The summed E-state index contributed by atoms with van der Waals surface area (Å²) in [6.07, 6.45) is 0. The molecule has 0 bridgehead atoms. The molecule has 0 radical (unpaired) electrons. The number of aromatic nitrogens is 1. The molecule has 0 unspecified atom stereocenters. The van der Waals surface area contributed by atoms with Crippen molar-refractivity contribution in [2.75, 3.05) is 7.05 Å². The third kappa shape index (κ3) is 3.13. The largest absolute Gasteiger partial charge is 0.296 e. The second-order valence-corrected chi connectivity index (χ2v) is 4.78. The van der Waals surface area contributed by atoms with E-state index in [2.05, 4.69) is 11.1 Å². The second kappa shape index (κ2) is 5.71. The van der Waals surface area contributed by atoms with Crippen molar-refractivity contribution in [3.8, 4) is 6.07 Å². The first-order chi connectivity index (χ1) is 8.69. The molecule has 1 aromatic carbocycles. The highest BCUT2D eigenvalue weighted by Crippen LogP contribution is 2.14. The lowest BCUT2D eigenvalue weighted by Crippen LogP contribution is -2.18. The SMILES string of the molecule is CN(Cc1cscn1)Cc1cc(F)ccc1C#N. The molecule has 0 amide bonds. The standard InChI is InChI=1S/C13H12FN3S/c1-17(7-13-8-18-9-16-13)6-11-4-12(14)3-2-10(11)5-15/h2-4,8-9H,6-7H2,1H3. The normalized spacial score (nSPS) is 10.6. The van der Waals surface area contributed by atoms with Crippen LogP contribution in [0.3, 0.4) is 0 Å². The Labute approximate surface area is 109 Å². The fraction of sp³-hybridized carbons (Fsp3) is 0.231. The van der Waals surface area contributed by atoms with Crippen LogP contribution in [0.5, 0.6) is 0 Å². The zero-order valence-corrected chi connectivity index (χ0v) is 10.7. The zero-order valence-electron chi connectivity index (χ0n) is 9.93. The Morgan fingerprint density at radius 2 is 2.28 bits per heavy atom. The lowest BCUT2D eigenvalue weighted by molar-refractivity contribution is 0.315. The lowest BCUT2D eigenvalue weighted by atomic mass is 10.1. The number of thiazole rings is 1. The predicted molar refractivity (Wildman–Crippen MR) is 68.4 cm³/mol. The summed E-state index contributed by atoms with van der Waals surface area (Å²) in [5.41, 5.74) is 3.99. The molecule has 0 atom stereocenters. The van der Waals surface area contributed by atoms with E-state index in [1.165, 1.54) is 18.2 Å². The van der Waals surface area contributed by atoms with Crippen LogP contribution < -0.4 is 0 Å². The van der Waals surface area contributed by atoms with Crippen LogP contribution in [0.1, 0.15) is 16.8 Å². The lowest BCUT2D eigenvalue weighted by Gasteiger charge is -2.16. The molecule has 92 valence electrons. The molecule has 2 aromatic rings. The van der Waals surface area contributed by atoms with E-state index < -0.39 is 0 Å². The maximum atomic E-state index is 13.2. The molecule has 0 saturated carbocycles. The minimum absolute atomic E-state index is 0.314. The van der Waals surface area contributed by atoms with Crippen LogP contribution in [0.25, 0.3) is 0 Å². The van der Waals surface area contributed by atoms with E-state index in [0.717, 1.165) is 5.69 Å². The van der Waals surface area contributed by atoms with E-state index >= 15 is 0 Å². The smallest absolute Gasteiger partial charge is 0.123 e. The third-order valence-corrected chi connectivity index (χ3v) is 3.18. The number of hydrogen-bond acceptors (Lipinski definition) is 4. The molecule has 18 heavy (non-hydrogen) atoms. The van der Waals surface area contributed by atoms with E-state index in [9.17, 15) is 4.39 Å². The summed E-state index contributed by atoms with van der Waals surface area (Å²) < 4.78 is 13.2. The van der Waals surface area contributed by atoms with Crippen LogP contribution in [0.15, 0.2) is 29.1 Å². The highest BCUT2D eigenvalue weighted by molar-refractivity contribution is 7.07. The Hall–Kier alpha value is -1.77. The second-order valence-electron chi connectivity index (χ2n) is 4.07. The summed E-state index contributed by atoms with van der Waals surface area (Å²) in [7, 11) is 1.92. The minimum Gasteiger partial charge on any atom is -0.296 e. The molecule has 3 nitrogen and oxygen atoms in total. The van der Waals surface area contributed by atoms with Gasteiger partial charge in [0, 0.05) is 18.5 Å². The van der Waals surface area contributed by atoms with Gasteiger partial charge in [0.05, 0.1) is 22.8 Å². The average Bonchev–Trinajstić information content (AvgIpc) is 2.82. The molecule has 0 aliphatic heterocycles. The number of nitrogens with zero attached hydrogens (tertiary/aromatic N) is 3. The minimum atomic E-state index is -0.314. The summed E-state index contributed by atoms with van der Waals surface area (Å²) in [5, 5.41) is 11.0. The molecule has 2 rings (SSSR count). The summed E-state index contributed by atoms with van der Waals surface area (Å²) in [5.74, 6) is -0.314. The molecule has 0 aliphatic carbocycles. The van der Waals surface area contributed by atoms with Gasteiger partial charge < -0.3 is 0 Å². The molecule has 1 heterocycles. The molecule has 1 aromatic heterocycles. The quantitative estimate of drug-likeness (QED) is 0.849. The Morgan fingerprint density at radius 1 is 1.44 bits per heavy atom. The molecule has 0 fully saturated rings. The van der Waals surface area contributed by atoms with Crippen LogP contribution in [0.2, 0.25) is 0 Å². The highest BCUT2D eigenvalue weighted by atomic mass is 32.1. The van der Waals surface area contributed by atoms with E-state index in [1.807, 2.05) is 17.3 Å². The van der Waals surface area contributed by atoms with Crippen molar-refractivity contribution in [2.45, 2.75) is 13.1 Å². The number of nitriles is 1. The molecule has 0 N–H and O–H groups in total. The highest BCUT2D eigenvalue weighted by Gasteiger charge is 2.08. The van der Waals surface area contributed by atoms with Crippen LogP contribution in [-0.2, 0) is 13.1 Å². The number of halogens is 1. The Balaban J connectivity index is 2.09. The monoisotopic (exact) mass is 261 g/mol. The Bertz CT molecular complexity index is 560. The first kappa shape index (κ1) is 12.7. The maximum Gasteiger partial charge on any atom is 0.123 e. The van der Waals surface area contributed by atoms with Crippen molar-refractivity contribution in [2.24, 2.45) is 0 Å². The van der Waals surface area contributed by atoms with Gasteiger partial charge in [-0.05, 0) is 30.8 Å². The van der Waals surface area contributed by atoms with Crippen LogP contribution in [0.4, 0.5) is 4.39 Å². The van der Waals surface area contributed by atoms with Gasteiger partial charge in [0.25, 0.3) is 0 Å². The predicted octanol–water partition coefficient (Wildman–Crippen LogP) is 2.79. The zero-order chi connectivity index (χ0) is 13.0. The van der Waals surface area contributed by atoms with Crippen LogP contribution in [0, 0.1) is 17.1 Å². The molecule has 0 saturated heterocycles. The van der Waals surface area contributed by atoms with Crippen molar-refractivity contribution in [3.63, 3.8) is 0 Å². The van der Waals surface area contributed by atoms with Gasteiger partial charge in [-0.15, -0.1) is 11.3 Å². The summed E-state index contributed by atoms with van der Waals surface area (Å²) in [6.45, 7) is 1.21. The van der Waals surface area contributed by atoms with Crippen LogP contribution >= 0.6 is 11.3 Å².